The van der Waals surface area contributed by atoms with Crippen molar-refractivity contribution in [2.45, 2.75) is 45.4 Å². The highest BCUT2D eigenvalue weighted by Gasteiger charge is 2.32. The number of hydrogen-bond donors (Lipinski definition) is 1. The first-order chi connectivity index (χ1) is 7.54. The van der Waals surface area contributed by atoms with Gasteiger partial charge in [-0.05, 0) is 40.4 Å². The predicted molar refractivity (Wildman–Crippen MR) is 72.1 cm³/mol. The molecule has 1 aliphatic heterocycles. The third-order valence-electron chi connectivity index (χ3n) is 3.21. The van der Waals surface area contributed by atoms with Crippen molar-refractivity contribution in [2.75, 3.05) is 11.9 Å². The van der Waals surface area contributed by atoms with Gasteiger partial charge in [-0.15, -0.1) is 0 Å². The quantitative estimate of drug-likeness (QED) is 0.851. The number of anilines is 1. The second-order valence-electron chi connectivity index (χ2n) is 5.18. The molecule has 1 N–H and O–H groups in total. The number of fused-ring (bicyclic) bond motifs is 1. The fourth-order valence-electron chi connectivity index (χ4n) is 2.13. The maximum absolute atomic E-state index is 4.71. The Bertz CT molecular complexity index is 399. The number of aromatic nitrogens is 1. The highest BCUT2D eigenvalue weighted by molar-refractivity contribution is 9.10. The van der Waals surface area contributed by atoms with Crippen molar-refractivity contribution < 1.29 is 0 Å². The SMILES string of the molecule is CCCCc1cc2c(nc1Br)C(C)(C)CN2. The lowest BCUT2D eigenvalue weighted by Gasteiger charge is -2.16. The Morgan fingerprint density at radius 1 is 1.50 bits per heavy atom. The lowest BCUT2D eigenvalue weighted by atomic mass is 9.91. The Morgan fingerprint density at radius 3 is 2.94 bits per heavy atom. The van der Waals surface area contributed by atoms with E-state index < -0.39 is 0 Å². The van der Waals surface area contributed by atoms with Crippen LogP contribution in [0, 0.1) is 0 Å². The number of pyridine rings is 1. The van der Waals surface area contributed by atoms with E-state index in [4.69, 9.17) is 4.98 Å². The van der Waals surface area contributed by atoms with Gasteiger partial charge in [0.1, 0.15) is 4.60 Å². The van der Waals surface area contributed by atoms with E-state index in [2.05, 4.69) is 48.1 Å². The van der Waals surface area contributed by atoms with E-state index in [-0.39, 0.29) is 5.41 Å². The number of nitrogens with zero attached hydrogens (tertiary/aromatic N) is 1. The van der Waals surface area contributed by atoms with E-state index in [0.717, 1.165) is 17.6 Å². The van der Waals surface area contributed by atoms with Crippen LogP contribution < -0.4 is 5.32 Å². The highest BCUT2D eigenvalue weighted by Crippen LogP contribution is 2.37. The van der Waals surface area contributed by atoms with E-state index >= 15 is 0 Å². The Morgan fingerprint density at radius 2 is 2.25 bits per heavy atom. The van der Waals surface area contributed by atoms with Gasteiger partial charge in [-0.25, -0.2) is 4.98 Å². The number of halogens is 1. The Hall–Kier alpha value is -0.570. The fourth-order valence-corrected chi connectivity index (χ4v) is 2.62. The van der Waals surface area contributed by atoms with Gasteiger partial charge in [0.2, 0.25) is 0 Å². The molecule has 0 aromatic carbocycles. The molecule has 3 heteroatoms. The van der Waals surface area contributed by atoms with Gasteiger partial charge in [0.25, 0.3) is 0 Å². The summed E-state index contributed by atoms with van der Waals surface area (Å²) in [5, 5.41) is 3.45. The third kappa shape index (κ3) is 2.10. The minimum absolute atomic E-state index is 0.154. The summed E-state index contributed by atoms with van der Waals surface area (Å²) in [5.74, 6) is 0. The van der Waals surface area contributed by atoms with Crippen LogP contribution in [0.25, 0.3) is 0 Å². The minimum Gasteiger partial charge on any atom is -0.383 e. The molecule has 2 nitrogen and oxygen atoms in total. The summed E-state index contributed by atoms with van der Waals surface area (Å²) in [6, 6.07) is 2.26. The standard InChI is InChI=1S/C13H19BrN2/c1-4-5-6-9-7-10-11(16-12(9)14)13(2,3)8-15-10/h7,15H,4-6,8H2,1-3H3. The first kappa shape index (κ1) is 11.9. The van der Waals surface area contributed by atoms with E-state index in [1.54, 1.807) is 0 Å². The van der Waals surface area contributed by atoms with Crippen LogP contribution >= 0.6 is 15.9 Å². The Balaban J connectivity index is 2.33. The van der Waals surface area contributed by atoms with Crippen molar-refractivity contribution in [1.29, 1.82) is 0 Å². The molecule has 2 heterocycles. The predicted octanol–water partition coefficient (Wildman–Crippen LogP) is 3.89. The Labute approximate surface area is 106 Å². The monoisotopic (exact) mass is 282 g/mol. The molecule has 0 saturated heterocycles. The lowest BCUT2D eigenvalue weighted by molar-refractivity contribution is 0.567. The zero-order valence-electron chi connectivity index (χ0n) is 10.2. The maximum atomic E-state index is 4.71. The van der Waals surface area contributed by atoms with E-state index in [0.29, 0.717) is 0 Å². The van der Waals surface area contributed by atoms with E-state index in [9.17, 15) is 0 Å². The number of nitrogens with one attached hydrogen (secondary N) is 1. The molecule has 0 fully saturated rings. The summed E-state index contributed by atoms with van der Waals surface area (Å²) >= 11 is 3.59. The van der Waals surface area contributed by atoms with Gasteiger partial charge in [0.05, 0.1) is 11.4 Å². The molecule has 0 aliphatic carbocycles. The van der Waals surface area contributed by atoms with E-state index in [1.807, 2.05) is 0 Å². The van der Waals surface area contributed by atoms with Crippen LogP contribution in [-0.4, -0.2) is 11.5 Å². The van der Waals surface area contributed by atoms with Gasteiger partial charge in [-0.2, -0.15) is 0 Å². The second kappa shape index (κ2) is 4.36. The largest absolute Gasteiger partial charge is 0.383 e. The molecule has 0 unspecified atom stereocenters. The number of aryl methyl sites for hydroxylation is 1. The number of hydrogen-bond acceptors (Lipinski definition) is 2. The normalized spacial score (nSPS) is 17.0. The summed E-state index contributed by atoms with van der Waals surface area (Å²) in [4.78, 5) is 4.71. The lowest BCUT2D eigenvalue weighted by Crippen LogP contribution is -2.20. The van der Waals surface area contributed by atoms with Crippen molar-refractivity contribution in [3.63, 3.8) is 0 Å². The molecule has 1 aromatic heterocycles. The molecular formula is C13H19BrN2. The first-order valence-corrected chi connectivity index (χ1v) is 6.77. The van der Waals surface area contributed by atoms with Gasteiger partial charge >= 0.3 is 0 Å². The van der Waals surface area contributed by atoms with Crippen molar-refractivity contribution in [1.82, 2.24) is 4.98 Å². The molecular weight excluding hydrogens is 264 g/mol. The fraction of sp³-hybridized carbons (Fsp3) is 0.615. The van der Waals surface area contributed by atoms with Gasteiger partial charge < -0.3 is 5.32 Å². The molecule has 0 amide bonds. The van der Waals surface area contributed by atoms with Crippen molar-refractivity contribution in [3.8, 4) is 0 Å². The van der Waals surface area contributed by atoms with E-state index in [1.165, 1.54) is 29.8 Å². The third-order valence-corrected chi connectivity index (χ3v) is 3.90. The molecule has 0 atom stereocenters. The molecule has 0 radical (unpaired) electrons. The van der Waals surface area contributed by atoms with Crippen LogP contribution in [0.1, 0.15) is 44.9 Å². The molecule has 1 aromatic rings. The van der Waals surface area contributed by atoms with Crippen molar-refractivity contribution >= 4 is 21.6 Å². The zero-order chi connectivity index (χ0) is 11.8. The van der Waals surface area contributed by atoms with Crippen molar-refractivity contribution in [2.24, 2.45) is 0 Å². The summed E-state index contributed by atoms with van der Waals surface area (Å²) in [7, 11) is 0. The summed E-state index contributed by atoms with van der Waals surface area (Å²) in [5.41, 5.74) is 3.89. The molecule has 0 spiro atoms. The highest BCUT2D eigenvalue weighted by atomic mass is 79.9. The van der Waals surface area contributed by atoms with Crippen LogP contribution in [0.15, 0.2) is 10.7 Å². The molecule has 0 bridgehead atoms. The van der Waals surface area contributed by atoms with Crippen LogP contribution in [0.2, 0.25) is 0 Å². The van der Waals surface area contributed by atoms with Crippen LogP contribution in [-0.2, 0) is 11.8 Å². The second-order valence-corrected chi connectivity index (χ2v) is 5.93. The Kier molecular flexibility index (Phi) is 3.24. The van der Waals surface area contributed by atoms with Gasteiger partial charge in [0, 0.05) is 12.0 Å². The molecule has 16 heavy (non-hydrogen) atoms. The number of rotatable bonds is 3. The van der Waals surface area contributed by atoms with Crippen LogP contribution in [0.4, 0.5) is 5.69 Å². The topological polar surface area (TPSA) is 24.9 Å². The van der Waals surface area contributed by atoms with Gasteiger partial charge in [-0.3, -0.25) is 0 Å². The van der Waals surface area contributed by atoms with Crippen LogP contribution in [0.3, 0.4) is 0 Å². The molecule has 0 saturated carbocycles. The smallest absolute Gasteiger partial charge is 0.109 e. The van der Waals surface area contributed by atoms with Gasteiger partial charge in [-0.1, -0.05) is 27.2 Å². The molecule has 1 aliphatic rings. The molecule has 2 rings (SSSR count). The van der Waals surface area contributed by atoms with Crippen LogP contribution in [0.5, 0.6) is 0 Å². The minimum atomic E-state index is 0.154. The van der Waals surface area contributed by atoms with Gasteiger partial charge in [0.15, 0.2) is 0 Å². The maximum Gasteiger partial charge on any atom is 0.109 e. The zero-order valence-corrected chi connectivity index (χ0v) is 11.8. The first-order valence-electron chi connectivity index (χ1n) is 5.98. The molecule has 88 valence electrons. The summed E-state index contributed by atoms with van der Waals surface area (Å²) in [6.07, 6.45) is 3.56. The average Bonchev–Trinajstić information content (AvgIpc) is 2.52. The van der Waals surface area contributed by atoms with Crippen molar-refractivity contribution in [3.05, 3.63) is 21.9 Å². The average molecular weight is 283 g/mol. The summed E-state index contributed by atoms with van der Waals surface area (Å²) in [6.45, 7) is 7.67. The summed E-state index contributed by atoms with van der Waals surface area (Å²) < 4.78 is 1.02. The number of unbranched alkanes of at least 4 members (excludes halogenated alkanes) is 1.